The van der Waals surface area contributed by atoms with Gasteiger partial charge in [-0.1, -0.05) is 0 Å². The normalized spacial score (nSPS) is 22.8. The summed E-state index contributed by atoms with van der Waals surface area (Å²) in [5, 5.41) is 27.7. The van der Waals surface area contributed by atoms with Crippen molar-refractivity contribution in [3.8, 4) is 16.3 Å². The second-order valence-electron chi connectivity index (χ2n) is 9.66. The van der Waals surface area contributed by atoms with Gasteiger partial charge >= 0.3 is 5.97 Å². The van der Waals surface area contributed by atoms with E-state index in [0.717, 1.165) is 47.8 Å². The maximum atomic E-state index is 11.3. The molecule has 2 aliphatic rings. The van der Waals surface area contributed by atoms with Crippen molar-refractivity contribution < 1.29 is 19.7 Å². The van der Waals surface area contributed by atoms with E-state index >= 15 is 0 Å². The number of carbonyl (C=O) groups is 1. The highest BCUT2D eigenvalue weighted by molar-refractivity contribution is 7.15. The number of aromatic nitrogens is 3. The molecule has 0 bridgehead atoms. The predicted molar refractivity (Wildman–Crippen MR) is 138 cm³/mol. The van der Waals surface area contributed by atoms with Crippen LogP contribution in [0.2, 0.25) is 0 Å². The summed E-state index contributed by atoms with van der Waals surface area (Å²) in [6.07, 6.45) is 7.33. The number of ether oxygens (including phenoxy) is 1. The third kappa shape index (κ3) is 5.66. The minimum atomic E-state index is -1.08. The Morgan fingerprint density at radius 3 is 2.67 bits per heavy atom. The van der Waals surface area contributed by atoms with Gasteiger partial charge < -0.3 is 25.6 Å². The molecule has 5 rings (SSSR count). The molecule has 1 saturated carbocycles. The van der Waals surface area contributed by atoms with Crippen molar-refractivity contribution in [2.24, 2.45) is 5.92 Å². The van der Waals surface area contributed by atoms with Gasteiger partial charge in [0.2, 0.25) is 0 Å². The van der Waals surface area contributed by atoms with Crippen LogP contribution < -0.4 is 15.4 Å². The lowest BCUT2D eigenvalue weighted by Crippen LogP contribution is -2.34. The van der Waals surface area contributed by atoms with Crippen LogP contribution in [0.5, 0.6) is 5.75 Å². The number of piperidine rings is 1. The van der Waals surface area contributed by atoms with Crippen molar-refractivity contribution in [3.05, 3.63) is 47.2 Å². The molecule has 4 heterocycles. The topological polar surface area (TPSA) is 129 Å². The molecule has 9 nitrogen and oxygen atoms in total. The highest BCUT2D eigenvalue weighted by Gasteiger charge is 2.39. The molecular weight excluding hydrogens is 478 g/mol. The highest BCUT2D eigenvalue weighted by atomic mass is 32.1. The van der Waals surface area contributed by atoms with Crippen LogP contribution in [0.1, 0.15) is 49.1 Å². The Morgan fingerprint density at radius 2 is 1.92 bits per heavy atom. The van der Waals surface area contributed by atoms with Crippen molar-refractivity contribution in [1.82, 2.24) is 20.3 Å². The molecule has 1 aliphatic carbocycles. The van der Waals surface area contributed by atoms with Gasteiger partial charge in [-0.25, -0.2) is 15.0 Å². The molecule has 0 aromatic carbocycles. The van der Waals surface area contributed by atoms with Crippen LogP contribution in [0.15, 0.2) is 36.7 Å². The fourth-order valence-corrected chi connectivity index (χ4v) is 5.83. The Balaban J connectivity index is 1.30. The van der Waals surface area contributed by atoms with Gasteiger partial charge in [-0.3, -0.25) is 4.79 Å². The van der Waals surface area contributed by atoms with Gasteiger partial charge in [0.05, 0.1) is 16.5 Å². The van der Waals surface area contributed by atoms with Gasteiger partial charge in [-0.2, -0.15) is 0 Å². The zero-order valence-corrected chi connectivity index (χ0v) is 21.1. The lowest BCUT2D eigenvalue weighted by molar-refractivity contribution is -0.145. The van der Waals surface area contributed by atoms with E-state index in [1.54, 1.807) is 12.4 Å². The number of pyridine rings is 2. The molecule has 0 radical (unpaired) electrons. The first kappa shape index (κ1) is 24.6. The highest BCUT2D eigenvalue weighted by Crippen LogP contribution is 2.42. The summed E-state index contributed by atoms with van der Waals surface area (Å²) in [5.41, 5.74) is 0.699. The lowest BCUT2D eigenvalue weighted by Gasteiger charge is -2.32. The van der Waals surface area contributed by atoms with Crippen LogP contribution in [0.4, 0.5) is 11.6 Å². The van der Waals surface area contributed by atoms with Gasteiger partial charge in [0.25, 0.3) is 0 Å². The van der Waals surface area contributed by atoms with E-state index in [0.29, 0.717) is 42.3 Å². The lowest BCUT2D eigenvalue weighted by atomic mass is 9.79. The number of carboxylic acids is 1. The SMILES string of the molecule is Cc1cc(Nc2cc(OC3CCNCC3)ccn2)nc(-c2cnc([C@]3(O)CC[C@H](C(=O)O)CC3)s2)c1. The summed E-state index contributed by atoms with van der Waals surface area (Å²) >= 11 is 1.41. The molecule has 4 N–H and O–H groups in total. The van der Waals surface area contributed by atoms with E-state index in [1.165, 1.54) is 11.3 Å². The van der Waals surface area contributed by atoms with E-state index in [1.807, 2.05) is 31.2 Å². The summed E-state index contributed by atoms with van der Waals surface area (Å²) in [6.45, 7) is 3.94. The van der Waals surface area contributed by atoms with Gasteiger partial charge in [-0.05, 0) is 82.3 Å². The maximum absolute atomic E-state index is 11.3. The number of anilines is 2. The van der Waals surface area contributed by atoms with Gasteiger partial charge in [0.1, 0.15) is 34.1 Å². The first-order valence-corrected chi connectivity index (χ1v) is 13.2. The third-order valence-corrected chi connectivity index (χ3v) is 8.08. The number of rotatable bonds is 7. The van der Waals surface area contributed by atoms with E-state index in [4.69, 9.17) is 9.72 Å². The second kappa shape index (κ2) is 10.5. The average Bonchev–Trinajstić information content (AvgIpc) is 3.36. The van der Waals surface area contributed by atoms with Gasteiger partial charge in [-0.15, -0.1) is 11.3 Å². The smallest absolute Gasteiger partial charge is 0.306 e. The van der Waals surface area contributed by atoms with Crippen molar-refractivity contribution >= 4 is 28.9 Å². The number of aliphatic carboxylic acids is 1. The number of aliphatic hydroxyl groups is 1. The maximum Gasteiger partial charge on any atom is 0.306 e. The fraction of sp³-hybridized carbons (Fsp3) is 0.462. The predicted octanol–water partition coefficient (Wildman–Crippen LogP) is 4.25. The Labute approximate surface area is 214 Å². The van der Waals surface area contributed by atoms with E-state index in [9.17, 15) is 15.0 Å². The molecule has 2 fully saturated rings. The second-order valence-corrected chi connectivity index (χ2v) is 10.7. The van der Waals surface area contributed by atoms with Crippen LogP contribution in [0.25, 0.3) is 10.6 Å². The van der Waals surface area contributed by atoms with Crippen LogP contribution >= 0.6 is 11.3 Å². The monoisotopic (exact) mass is 509 g/mol. The molecule has 10 heteroatoms. The number of thiazole rings is 1. The van der Waals surface area contributed by atoms with Gasteiger partial charge in [0, 0.05) is 18.5 Å². The molecule has 0 unspecified atom stereocenters. The van der Waals surface area contributed by atoms with E-state index < -0.39 is 17.5 Å². The van der Waals surface area contributed by atoms with Crippen LogP contribution in [-0.2, 0) is 10.4 Å². The zero-order chi connectivity index (χ0) is 25.1. The standard InChI is InChI=1S/C26H31N5O4S/c1-16-12-20(21-15-29-25(36-21)26(34)7-2-17(3-8-26)24(32)33)30-23(13-16)31-22-14-19(6-11-28-22)35-18-4-9-27-10-5-18/h6,11-15,17-18,27,34H,2-5,7-10H2,1H3,(H,32,33)(H,28,30,31)/t17-,26-. The Hall–Kier alpha value is -3.08. The molecule has 1 aliphatic heterocycles. The summed E-state index contributed by atoms with van der Waals surface area (Å²) in [4.78, 5) is 25.8. The molecule has 0 amide bonds. The Bertz CT molecular complexity index is 1220. The Morgan fingerprint density at radius 1 is 1.14 bits per heavy atom. The molecule has 190 valence electrons. The first-order valence-electron chi connectivity index (χ1n) is 12.4. The summed E-state index contributed by atoms with van der Waals surface area (Å²) < 4.78 is 6.14. The largest absolute Gasteiger partial charge is 0.490 e. The molecular formula is C26H31N5O4S. The Kier molecular flexibility index (Phi) is 7.17. The fourth-order valence-electron chi connectivity index (χ4n) is 4.81. The van der Waals surface area contributed by atoms with Crippen LogP contribution in [-0.4, -0.2) is 50.3 Å². The zero-order valence-electron chi connectivity index (χ0n) is 20.2. The number of hydrogen-bond acceptors (Lipinski definition) is 9. The summed E-state index contributed by atoms with van der Waals surface area (Å²) in [5.74, 6) is 0.907. The number of nitrogens with one attached hydrogen (secondary N) is 2. The third-order valence-electron chi connectivity index (χ3n) is 6.86. The van der Waals surface area contributed by atoms with Crippen molar-refractivity contribution in [3.63, 3.8) is 0 Å². The molecule has 3 aromatic heterocycles. The number of carboxylic acid groups (broad SMARTS) is 1. The minimum Gasteiger partial charge on any atom is -0.490 e. The summed E-state index contributed by atoms with van der Waals surface area (Å²) in [7, 11) is 0. The van der Waals surface area contributed by atoms with E-state index in [2.05, 4.69) is 20.6 Å². The van der Waals surface area contributed by atoms with Crippen molar-refractivity contribution in [1.29, 1.82) is 0 Å². The van der Waals surface area contributed by atoms with Crippen molar-refractivity contribution in [2.75, 3.05) is 18.4 Å². The van der Waals surface area contributed by atoms with Crippen LogP contribution in [0, 0.1) is 12.8 Å². The molecule has 0 atom stereocenters. The van der Waals surface area contributed by atoms with E-state index in [-0.39, 0.29) is 6.10 Å². The number of hydrogen-bond donors (Lipinski definition) is 4. The molecule has 1 saturated heterocycles. The molecule has 36 heavy (non-hydrogen) atoms. The minimum absolute atomic E-state index is 0.208. The molecule has 3 aromatic rings. The quantitative estimate of drug-likeness (QED) is 0.369. The number of nitrogens with zero attached hydrogens (tertiary/aromatic N) is 3. The van der Waals surface area contributed by atoms with Crippen LogP contribution in [0.3, 0.4) is 0 Å². The number of aryl methyl sites for hydroxylation is 1. The molecule has 0 spiro atoms. The first-order chi connectivity index (χ1) is 17.4. The van der Waals surface area contributed by atoms with Gasteiger partial charge in [0.15, 0.2) is 0 Å². The van der Waals surface area contributed by atoms with Crippen molar-refractivity contribution in [2.45, 2.75) is 57.2 Å². The average molecular weight is 510 g/mol. The summed E-state index contributed by atoms with van der Waals surface area (Å²) in [6, 6.07) is 7.70.